The Hall–Kier alpha value is -1.13. The summed E-state index contributed by atoms with van der Waals surface area (Å²) in [5.41, 5.74) is 0.303. The number of carbonyl (C=O) groups excluding carboxylic acids is 1. The highest BCUT2D eigenvalue weighted by atomic mass is 35.5. The van der Waals surface area contributed by atoms with E-state index in [0.717, 1.165) is 0 Å². The van der Waals surface area contributed by atoms with Gasteiger partial charge >= 0.3 is 0 Å². The van der Waals surface area contributed by atoms with Crippen molar-refractivity contribution in [2.24, 2.45) is 0 Å². The van der Waals surface area contributed by atoms with E-state index in [1.807, 2.05) is 0 Å². The molecule has 3 nitrogen and oxygen atoms in total. The van der Waals surface area contributed by atoms with E-state index in [-0.39, 0.29) is 5.91 Å². The molecule has 5 heteroatoms. The maximum absolute atomic E-state index is 12.8. The van der Waals surface area contributed by atoms with Gasteiger partial charge in [-0.15, -0.1) is 0 Å². The molecule has 0 bridgehead atoms. The molecule has 2 N–H and O–H groups in total. The molecule has 1 aromatic rings. The maximum atomic E-state index is 12.8. The Labute approximate surface area is 92.6 Å². The second-order valence-electron chi connectivity index (χ2n) is 3.03. The van der Waals surface area contributed by atoms with Gasteiger partial charge in [-0.1, -0.05) is 11.6 Å². The molecular formula is C10H12ClFN2O. The predicted molar refractivity (Wildman–Crippen MR) is 58.6 cm³/mol. The number of benzene rings is 1. The van der Waals surface area contributed by atoms with Crippen LogP contribution in [0.25, 0.3) is 0 Å². The van der Waals surface area contributed by atoms with Gasteiger partial charge in [0.25, 0.3) is 0 Å². The van der Waals surface area contributed by atoms with Crippen LogP contribution in [-0.4, -0.2) is 19.5 Å². The third kappa shape index (κ3) is 3.85. The summed E-state index contributed by atoms with van der Waals surface area (Å²) >= 11 is 5.78. The summed E-state index contributed by atoms with van der Waals surface area (Å²) in [5.74, 6) is -0.625. The van der Waals surface area contributed by atoms with E-state index in [2.05, 4.69) is 10.6 Å². The molecule has 0 aromatic heterocycles. The van der Waals surface area contributed by atoms with Gasteiger partial charge in [0.15, 0.2) is 0 Å². The fourth-order valence-corrected chi connectivity index (χ4v) is 1.21. The van der Waals surface area contributed by atoms with Crippen molar-refractivity contribution in [1.29, 1.82) is 0 Å². The second kappa shape index (κ2) is 5.68. The molecule has 82 valence electrons. The highest BCUT2D eigenvalue weighted by Crippen LogP contribution is 2.22. The molecule has 0 unspecified atom stereocenters. The van der Waals surface area contributed by atoms with Gasteiger partial charge in [-0.2, -0.15) is 0 Å². The van der Waals surface area contributed by atoms with Crippen molar-refractivity contribution in [1.82, 2.24) is 5.32 Å². The Morgan fingerprint density at radius 1 is 1.53 bits per heavy atom. The molecule has 0 aliphatic rings. The Morgan fingerprint density at radius 3 is 2.93 bits per heavy atom. The van der Waals surface area contributed by atoms with Gasteiger partial charge in [0, 0.05) is 13.0 Å². The van der Waals surface area contributed by atoms with E-state index in [9.17, 15) is 9.18 Å². The molecule has 1 amide bonds. The minimum absolute atomic E-state index is 0.197. The zero-order chi connectivity index (χ0) is 11.3. The highest BCUT2D eigenvalue weighted by Gasteiger charge is 2.06. The first-order chi connectivity index (χ1) is 7.13. The number of rotatable bonds is 4. The van der Waals surface area contributed by atoms with Crippen LogP contribution in [0.4, 0.5) is 10.1 Å². The number of hydrogen-bond acceptors (Lipinski definition) is 2. The molecule has 0 aliphatic carbocycles. The Bertz CT molecular complexity index is 357. The van der Waals surface area contributed by atoms with E-state index >= 15 is 0 Å². The lowest BCUT2D eigenvalue weighted by atomic mass is 10.3. The molecule has 0 saturated heterocycles. The minimum Gasteiger partial charge on any atom is -0.325 e. The lowest BCUT2D eigenvalue weighted by molar-refractivity contribution is -0.116. The Kier molecular flexibility index (Phi) is 4.52. The van der Waals surface area contributed by atoms with Crippen molar-refractivity contribution in [3.63, 3.8) is 0 Å². The zero-order valence-corrected chi connectivity index (χ0v) is 9.07. The van der Waals surface area contributed by atoms with Crippen molar-refractivity contribution in [2.75, 3.05) is 18.9 Å². The summed E-state index contributed by atoms with van der Waals surface area (Å²) in [6.07, 6.45) is 0.323. The summed E-state index contributed by atoms with van der Waals surface area (Å²) < 4.78 is 12.8. The first kappa shape index (κ1) is 11.9. The molecular weight excluding hydrogens is 219 g/mol. The average Bonchev–Trinajstić information content (AvgIpc) is 2.20. The van der Waals surface area contributed by atoms with E-state index in [4.69, 9.17) is 11.6 Å². The summed E-state index contributed by atoms with van der Waals surface area (Å²) in [6.45, 7) is 0.568. The van der Waals surface area contributed by atoms with E-state index in [0.29, 0.717) is 23.7 Å². The van der Waals surface area contributed by atoms with Crippen LogP contribution in [0.15, 0.2) is 18.2 Å². The van der Waals surface area contributed by atoms with Crippen molar-refractivity contribution in [3.05, 3.63) is 29.0 Å². The maximum Gasteiger partial charge on any atom is 0.225 e. The number of carbonyl (C=O) groups is 1. The SMILES string of the molecule is CNCCC(=O)Nc1cc(F)ccc1Cl. The fourth-order valence-electron chi connectivity index (χ4n) is 1.04. The lowest BCUT2D eigenvalue weighted by Gasteiger charge is -2.06. The van der Waals surface area contributed by atoms with Crippen molar-refractivity contribution < 1.29 is 9.18 Å². The molecule has 0 radical (unpaired) electrons. The van der Waals surface area contributed by atoms with Crippen molar-refractivity contribution in [2.45, 2.75) is 6.42 Å². The van der Waals surface area contributed by atoms with Gasteiger partial charge in [0.05, 0.1) is 10.7 Å². The number of hydrogen-bond donors (Lipinski definition) is 2. The quantitative estimate of drug-likeness (QED) is 0.831. The number of amides is 1. The van der Waals surface area contributed by atoms with Crippen LogP contribution in [0, 0.1) is 5.82 Å². The molecule has 15 heavy (non-hydrogen) atoms. The summed E-state index contributed by atoms with van der Waals surface area (Å²) in [6, 6.07) is 3.84. The molecule has 0 heterocycles. The third-order valence-corrected chi connectivity index (χ3v) is 2.13. The van der Waals surface area contributed by atoms with Gasteiger partial charge in [-0.3, -0.25) is 4.79 Å². The average molecular weight is 231 g/mol. The van der Waals surface area contributed by atoms with Crippen LogP contribution >= 0.6 is 11.6 Å². The van der Waals surface area contributed by atoms with Crippen molar-refractivity contribution >= 4 is 23.2 Å². The number of anilines is 1. The lowest BCUT2D eigenvalue weighted by Crippen LogP contribution is -2.18. The number of nitrogens with one attached hydrogen (secondary N) is 2. The van der Waals surface area contributed by atoms with Crippen LogP contribution in [0.1, 0.15) is 6.42 Å². The van der Waals surface area contributed by atoms with Crippen LogP contribution in [-0.2, 0) is 4.79 Å². The van der Waals surface area contributed by atoms with Gasteiger partial charge in [-0.05, 0) is 25.2 Å². The minimum atomic E-state index is -0.427. The Balaban J connectivity index is 2.63. The smallest absolute Gasteiger partial charge is 0.225 e. The van der Waals surface area contributed by atoms with E-state index < -0.39 is 5.82 Å². The monoisotopic (exact) mass is 230 g/mol. The van der Waals surface area contributed by atoms with E-state index in [1.54, 1.807) is 7.05 Å². The largest absolute Gasteiger partial charge is 0.325 e. The molecule has 1 rings (SSSR count). The normalized spacial score (nSPS) is 10.1. The molecule has 0 atom stereocenters. The molecule has 0 spiro atoms. The Morgan fingerprint density at radius 2 is 2.27 bits per heavy atom. The topological polar surface area (TPSA) is 41.1 Å². The summed E-state index contributed by atoms with van der Waals surface area (Å²) in [5, 5.41) is 5.71. The first-order valence-corrected chi connectivity index (χ1v) is 4.91. The van der Waals surface area contributed by atoms with Gasteiger partial charge in [0.2, 0.25) is 5.91 Å². The van der Waals surface area contributed by atoms with Crippen LogP contribution in [0.3, 0.4) is 0 Å². The third-order valence-electron chi connectivity index (χ3n) is 1.80. The standard InChI is InChI=1S/C10H12ClFN2O/c1-13-5-4-10(15)14-9-6-7(12)2-3-8(9)11/h2-3,6,13H,4-5H2,1H3,(H,14,15). The fraction of sp³-hybridized carbons (Fsp3) is 0.300. The van der Waals surface area contributed by atoms with E-state index in [1.165, 1.54) is 18.2 Å². The zero-order valence-electron chi connectivity index (χ0n) is 8.31. The number of halogens is 2. The molecule has 0 fully saturated rings. The van der Waals surface area contributed by atoms with Crippen LogP contribution in [0.5, 0.6) is 0 Å². The predicted octanol–water partition coefficient (Wildman–Crippen LogP) is 2.03. The van der Waals surface area contributed by atoms with Gasteiger partial charge < -0.3 is 10.6 Å². The molecule has 0 aliphatic heterocycles. The second-order valence-corrected chi connectivity index (χ2v) is 3.43. The van der Waals surface area contributed by atoms with Crippen LogP contribution < -0.4 is 10.6 Å². The van der Waals surface area contributed by atoms with Crippen LogP contribution in [0.2, 0.25) is 5.02 Å². The highest BCUT2D eigenvalue weighted by molar-refractivity contribution is 6.33. The summed E-state index contributed by atoms with van der Waals surface area (Å²) in [7, 11) is 1.75. The molecule has 0 saturated carbocycles. The van der Waals surface area contributed by atoms with Gasteiger partial charge in [-0.25, -0.2) is 4.39 Å². The van der Waals surface area contributed by atoms with Gasteiger partial charge in [0.1, 0.15) is 5.82 Å². The molecule has 1 aromatic carbocycles. The van der Waals surface area contributed by atoms with Crippen molar-refractivity contribution in [3.8, 4) is 0 Å². The first-order valence-electron chi connectivity index (χ1n) is 4.53. The summed E-state index contributed by atoms with van der Waals surface area (Å²) in [4.78, 5) is 11.3.